The SMILES string of the molecule is c1ccc(-c2c3cc4c5ccccc5c5cccc(c3c(-c3ccccc3)c3c6cccc7cc(-c8ccc9sc%10ccccc%10c9c8)cc(c23)c76)c54)cc1. The summed E-state index contributed by atoms with van der Waals surface area (Å²) in [5.41, 5.74) is 7.63. The Morgan fingerprint density at radius 3 is 1.62 bits per heavy atom. The van der Waals surface area contributed by atoms with Crippen molar-refractivity contribution in [2.75, 3.05) is 0 Å². The van der Waals surface area contributed by atoms with Gasteiger partial charge >= 0.3 is 0 Å². The molecule has 0 aliphatic rings. The lowest BCUT2D eigenvalue weighted by Crippen LogP contribution is -1.91. The van der Waals surface area contributed by atoms with E-state index >= 15 is 0 Å². The number of thiophene rings is 1. The van der Waals surface area contributed by atoms with E-state index in [0.717, 1.165) is 0 Å². The van der Waals surface area contributed by atoms with E-state index in [1.165, 1.54) is 129 Å². The molecule has 0 aliphatic heterocycles. The van der Waals surface area contributed by atoms with Crippen LogP contribution in [0.2, 0.25) is 0 Å². The maximum atomic E-state index is 2.53. The van der Waals surface area contributed by atoms with Crippen LogP contribution in [0.3, 0.4) is 0 Å². The van der Waals surface area contributed by atoms with Gasteiger partial charge in [0.25, 0.3) is 0 Å². The van der Waals surface area contributed by atoms with E-state index in [1.807, 2.05) is 11.3 Å². The molecule has 1 heteroatoms. The van der Waals surface area contributed by atoms with Crippen molar-refractivity contribution in [3.05, 3.63) is 182 Å². The molecule has 0 N–H and O–H groups in total. The van der Waals surface area contributed by atoms with Gasteiger partial charge in [-0.1, -0.05) is 146 Å². The second kappa shape index (κ2) is 10.9. The van der Waals surface area contributed by atoms with Crippen LogP contribution in [0.15, 0.2) is 182 Å². The monoisotopic (exact) mass is 710 g/mol. The molecule has 12 aromatic carbocycles. The van der Waals surface area contributed by atoms with E-state index in [9.17, 15) is 0 Å². The molecular weight excluding hydrogens is 681 g/mol. The summed E-state index contributed by atoms with van der Waals surface area (Å²) in [5.74, 6) is 0. The van der Waals surface area contributed by atoms with Crippen LogP contribution in [-0.2, 0) is 0 Å². The van der Waals surface area contributed by atoms with Crippen LogP contribution in [0.25, 0.3) is 129 Å². The molecule has 1 aromatic heterocycles. The van der Waals surface area contributed by atoms with Crippen molar-refractivity contribution < 1.29 is 0 Å². The topological polar surface area (TPSA) is 0 Å². The van der Waals surface area contributed by atoms with Gasteiger partial charge in [-0.15, -0.1) is 11.3 Å². The molecule has 13 aromatic rings. The summed E-state index contributed by atoms with van der Waals surface area (Å²) < 4.78 is 2.67. The molecule has 0 amide bonds. The van der Waals surface area contributed by atoms with Gasteiger partial charge in [0.15, 0.2) is 0 Å². The first kappa shape index (κ1) is 29.6. The van der Waals surface area contributed by atoms with Crippen molar-refractivity contribution in [2.45, 2.75) is 0 Å². The Morgan fingerprint density at radius 2 is 0.818 bits per heavy atom. The summed E-state index contributed by atoms with van der Waals surface area (Å²) in [6.45, 7) is 0. The highest BCUT2D eigenvalue weighted by Gasteiger charge is 2.26. The van der Waals surface area contributed by atoms with E-state index in [2.05, 4.69) is 182 Å². The minimum atomic E-state index is 1.25. The molecule has 0 spiro atoms. The molecule has 252 valence electrons. The lowest BCUT2D eigenvalue weighted by Gasteiger charge is -2.19. The zero-order chi connectivity index (χ0) is 35.8. The van der Waals surface area contributed by atoms with Gasteiger partial charge in [-0.3, -0.25) is 0 Å². The normalized spacial score (nSPS) is 12.4. The van der Waals surface area contributed by atoms with Crippen molar-refractivity contribution in [1.82, 2.24) is 0 Å². The van der Waals surface area contributed by atoms with Crippen LogP contribution < -0.4 is 0 Å². The number of hydrogen-bond acceptors (Lipinski definition) is 1. The lowest BCUT2D eigenvalue weighted by molar-refractivity contribution is 1.68. The number of fused-ring (bicyclic) bond motifs is 11. The third-order valence-electron chi connectivity index (χ3n) is 12.3. The Kier molecular flexibility index (Phi) is 5.86. The van der Waals surface area contributed by atoms with Crippen molar-refractivity contribution in [1.29, 1.82) is 0 Å². The molecule has 0 radical (unpaired) electrons. The minimum Gasteiger partial charge on any atom is -0.135 e. The fourth-order valence-corrected chi connectivity index (χ4v) is 11.2. The summed E-state index contributed by atoms with van der Waals surface area (Å²) in [4.78, 5) is 0. The Labute approximate surface area is 320 Å². The first-order valence-corrected chi connectivity index (χ1v) is 19.9. The molecule has 0 saturated carbocycles. The first-order chi connectivity index (χ1) is 27.3. The van der Waals surface area contributed by atoms with Crippen LogP contribution in [-0.4, -0.2) is 0 Å². The van der Waals surface area contributed by atoms with Gasteiger partial charge in [0.2, 0.25) is 0 Å². The van der Waals surface area contributed by atoms with Gasteiger partial charge in [-0.2, -0.15) is 0 Å². The summed E-state index contributed by atoms with van der Waals surface area (Å²) >= 11 is 1.88. The molecule has 0 atom stereocenters. The van der Waals surface area contributed by atoms with E-state index < -0.39 is 0 Å². The molecule has 55 heavy (non-hydrogen) atoms. The highest BCUT2D eigenvalue weighted by atomic mass is 32.1. The molecule has 0 fully saturated rings. The molecule has 0 saturated heterocycles. The maximum Gasteiger partial charge on any atom is 0.0355 e. The van der Waals surface area contributed by atoms with Crippen molar-refractivity contribution in [3.63, 3.8) is 0 Å². The zero-order valence-corrected chi connectivity index (χ0v) is 30.5. The fourth-order valence-electron chi connectivity index (χ4n) is 10.1. The Balaban J connectivity index is 1.28. The standard InChI is InChI=1S/C54H30S/c1-3-13-31(14-4-1)49-45-30-43-37-19-8-7-18-36(37)39-21-12-23-41(51(39)43)52(45)50(32-15-5-2-6-16-32)53-40-22-11-17-34-27-35(29-44(48(34)40)54(49)53)33-25-26-47-42(28-33)38-20-9-10-24-46(38)55-47/h1-30H. The number of benzene rings is 10. The molecule has 13 rings (SSSR count). The maximum absolute atomic E-state index is 2.53. The highest BCUT2D eigenvalue weighted by molar-refractivity contribution is 7.25. The molecule has 0 nitrogen and oxygen atoms in total. The summed E-state index contributed by atoms with van der Waals surface area (Å²) in [7, 11) is 0. The fraction of sp³-hybridized carbons (Fsp3) is 0. The van der Waals surface area contributed by atoms with Gasteiger partial charge in [-0.25, -0.2) is 0 Å². The second-order valence-corrected chi connectivity index (χ2v) is 16.2. The van der Waals surface area contributed by atoms with Gasteiger partial charge in [0.05, 0.1) is 0 Å². The molecule has 0 aliphatic carbocycles. The third kappa shape index (κ3) is 3.95. The predicted octanol–water partition coefficient (Wildman–Crippen LogP) is 16.0. The van der Waals surface area contributed by atoms with Crippen molar-refractivity contribution in [2.24, 2.45) is 0 Å². The Bertz CT molecular complexity index is 3680. The van der Waals surface area contributed by atoms with E-state index in [0.29, 0.717) is 0 Å². The number of hydrogen-bond donors (Lipinski definition) is 0. The van der Waals surface area contributed by atoms with Gasteiger partial charge in [-0.05, 0) is 145 Å². The quantitative estimate of drug-likeness (QED) is 0.160. The Hall–Kier alpha value is -6.80. The van der Waals surface area contributed by atoms with Crippen molar-refractivity contribution >= 4 is 107 Å². The summed E-state index contributed by atoms with van der Waals surface area (Å²) in [6.07, 6.45) is 0. The van der Waals surface area contributed by atoms with E-state index in [1.54, 1.807) is 0 Å². The van der Waals surface area contributed by atoms with Crippen molar-refractivity contribution in [3.8, 4) is 33.4 Å². The molecule has 0 bridgehead atoms. The van der Waals surface area contributed by atoms with Gasteiger partial charge in [0, 0.05) is 20.2 Å². The summed E-state index contributed by atoms with van der Waals surface area (Å²) in [5, 5.41) is 21.2. The summed E-state index contributed by atoms with van der Waals surface area (Å²) in [6, 6.07) is 68.5. The third-order valence-corrected chi connectivity index (χ3v) is 13.4. The molecule has 1 heterocycles. The van der Waals surface area contributed by atoms with Crippen LogP contribution in [0.1, 0.15) is 0 Å². The smallest absolute Gasteiger partial charge is 0.0355 e. The van der Waals surface area contributed by atoms with Crippen LogP contribution >= 0.6 is 11.3 Å². The molecular formula is C54H30S. The largest absolute Gasteiger partial charge is 0.135 e. The minimum absolute atomic E-state index is 1.25. The van der Waals surface area contributed by atoms with Crippen LogP contribution in [0.4, 0.5) is 0 Å². The first-order valence-electron chi connectivity index (χ1n) is 19.1. The van der Waals surface area contributed by atoms with Crippen LogP contribution in [0.5, 0.6) is 0 Å². The average molecular weight is 711 g/mol. The average Bonchev–Trinajstić information content (AvgIpc) is 3.90. The highest BCUT2D eigenvalue weighted by Crippen LogP contribution is 2.55. The van der Waals surface area contributed by atoms with Gasteiger partial charge < -0.3 is 0 Å². The van der Waals surface area contributed by atoms with Crippen LogP contribution in [0, 0.1) is 0 Å². The van der Waals surface area contributed by atoms with E-state index in [-0.39, 0.29) is 0 Å². The number of rotatable bonds is 3. The van der Waals surface area contributed by atoms with E-state index in [4.69, 9.17) is 0 Å². The second-order valence-electron chi connectivity index (χ2n) is 15.1. The zero-order valence-electron chi connectivity index (χ0n) is 29.7. The Morgan fingerprint density at radius 1 is 0.236 bits per heavy atom. The van der Waals surface area contributed by atoms with Gasteiger partial charge in [0.1, 0.15) is 0 Å². The predicted molar refractivity (Wildman–Crippen MR) is 241 cm³/mol. The lowest BCUT2D eigenvalue weighted by atomic mass is 9.83. The molecule has 0 unspecified atom stereocenters.